The van der Waals surface area contributed by atoms with E-state index in [4.69, 9.17) is 0 Å². The zero-order valence-electron chi connectivity index (χ0n) is 11.4. The van der Waals surface area contributed by atoms with Crippen molar-refractivity contribution in [3.05, 3.63) is 33.8 Å². The summed E-state index contributed by atoms with van der Waals surface area (Å²) >= 11 is 3.03. The van der Waals surface area contributed by atoms with Crippen molar-refractivity contribution in [2.45, 2.75) is 25.8 Å². The Bertz CT molecular complexity index is 540. The van der Waals surface area contributed by atoms with Crippen molar-refractivity contribution in [2.24, 2.45) is 0 Å². The van der Waals surface area contributed by atoms with Crippen molar-refractivity contribution in [1.82, 2.24) is 5.32 Å². The molecule has 1 atom stereocenters. The maximum Gasteiger partial charge on any atom is 0.147 e. The molecule has 1 rings (SSSR count). The van der Waals surface area contributed by atoms with Crippen LogP contribution in [-0.4, -0.2) is 27.0 Å². The molecule has 20 heavy (non-hydrogen) atoms. The molecule has 7 heteroatoms. The topological polar surface area (TPSA) is 46.2 Å². The van der Waals surface area contributed by atoms with E-state index in [0.717, 1.165) is 6.26 Å². The maximum atomic E-state index is 13.9. The summed E-state index contributed by atoms with van der Waals surface area (Å²) in [4.78, 5) is 0. The average Bonchev–Trinajstić information content (AvgIpc) is 2.25. The van der Waals surface area contributed by atoms with Gasteiger partial charge in [-0.1, -0.05) is 22.9 Å². The van der Waals surface area contributed by atoms with Crippen LogP contribution in [0.15, 0.2) is 16.6 Å². The quantitative estimate of drug-likeness (QED) is 0.802. The molecule has 0 spiro atoms. The first kappa shape index (κ1) is 17.5. The molecular weight excluding hydrogens is 352 g/mol. The van der Waals surface area contributed by atoms with Crippen LogP contribution in [0.25, 0.3) is 0 Å². The van der Waals surface area contributed by atoms with Crippen LogP contribution in [0.3, 0.4) is 0 Å². The molecular formula is C13H18BrF2NO2S. The second-order valence-electron chi connectivity index (χ2n) is 4.67. The molecule has 0 radical (unpaired) electrons. The van der Waals surface area contributed by atoms with Crippen molar-refractivity contribution in [3.8, 4) is 0 Å². The Kier molecular flexibility index (Phi) is 6.54. The van der Waals surface area contributed by atoms with Gasteiger partial charge in [-0.05, 0) is 31.5 Å². The molecule has 0 aliphatic heterocycles. The molecule has 0 saturated heterocycles. The van der Waals surface area contributed by atoms with Crippen molar-refractivity contribution in [3.63, 3.8) is 0 Å². The van der Waals surface area contributed by atoms with Crippen LogP contribution in [-0.2, 0) is 9.84 Å². The summed E-state index contributed by atoms with van der Waals surface area (Å²) in [6, 6.07) is 1.88. The van der Waals surface area contributed by atoms with Gasteiger partial charge in [0.05, 0.1) is 0 Å². The van der Waals surface area contributed by atoms with E-state index >= 15 is 0 Å². The van der Waals surface area contributed by atoms with Crippen molar-refractivity contribution < 1.29 is 17.2 Å². The minimum atomic E-state index is -3.07. The van der Waals surface area contributed by atoms with E-state index in [1.54, 1.807) is 0 Å². The molecule has 3 nitrogen and oxygen atoms in total. The summed E-state index contributed by atoms with van der Waals surface area (Å²) in [7, 11) is -3.07. The standard InChI is InChI=1S/C13H18BrF2NO2S/c1-3-17-12(5-4-6-20(2,18)19)13-10(15)7-9(14)8-11(13)16/h7-8,12,17H,3-6H2,1-2H3. The maximum absolute atomic E-state index is 13.9. The lowest BCUT2D eigenvalue weighted by Gasteiger charge is -2.19. The minimum absolute atomic E-state index is 0.00859. The van der Waals surface area contributed by atoms with Crippen LogP contribution in [0.2, 0.25) is 0 Å². The highest BCUT2D eigenvalue weighted by atomic mass is 79.9. The molecule has 1 unspecified atom stereocenters. The zero-order valence-corrected chi connectivity index (χ0v) is 13.8. The van der Waals surface area contributed by atoms with E-state index in [2.05, 4.69) is 21.2 Å². The van der Waals surface area contributed by atoms with Gasteiger partial charge in [0, 0.05) is 28.1 Å². The second-order valence-corrected chi connectivity index (χ2v) is 7.84. The first-order valence-electron chi connectivity index (χ1n) is 6.30. The van der Waals surface area contributed by atoms with Gasteiger partial charge in [0.2, 0.25) is 0 Å². The van der Waals surface area contributed by atoms with E-state index in [-0.39, 0.29) is 11.3 Å². The highest BCUT2D eigenvalue weighted by Gasteiger charge is 2.20. The van der Waals surface area contributed by atoms with Gasteiger partial charge in [-0.15, -0.1) is 0 Å². The summed E-state index contributed by atoms with van der Waals surface area (Å²) < 4.78 is 50.4. The van der Waals surface area contributed by atoms with E-state index in [9.17, 15) is 17.2 Å². The largest absolute Gasteiger partial charge is 0.310 e. The van der Waals surface area contributed by atoms with Gasteiger partial charge in [0.25, 0.3) is 0 Å². The van der Waals surface area contributed by atoms with Gasteiger partial charge in [-0.3, -0.25) is 0 Å². The zero-order chi connectivity index (χ0) is 15.3. The number of hydrogen-bond acceptors (Lipinski definition) is 3. The van der Waals surface area contributed by atoms with Gasteiger partial charge >= 0.3 is 0 Å². The Balaban J connectivity index is 2.91. The van der Waals surface area contributed by atoms with Crippen LogP contribution in [0.4, 0.5) is 8.78 Å². The number of hydrogen-bond donors (Lipinski definition) is 1. The summed E-state index contributed by atoms with van der Waals surface area (Å²) in [5, 5.41) is 3.00. The number of rotatable bonds is 7. The Morgan fingerprint density at radius 2 is 1.85 bits per heavy atom. The third kappa shape index (κ3) is 5.46. The molecule has 0 amide bonds. The monoisotopic (exact) mass is 369 g/mol. The van der Waals surface area contributed by atoms with Gasteiger partial charge in [-0.2, -0.15) is 0 Å². The van der Waals surface area contributed by atoms with Crippen molar-refractivity contribution in [2.75, 3.05) is 18.6 Å². The van der Waals surface area contributed by atoms with E-state index in [0.29, 0.717) is 23.9 Å². The van der Waals surface area contributed by atoms with Crippen LogP contribution >= 0.6 is 15.9 Å². The first-order valence-corrected chi connectivity index (χ1v) is 9.15. The third-order valence-corrected chi connectivity index (χ3v) is 4.34. The van der Waals surface area contributed by atoms with E-state index in [1.807, 2.05) is 6.92 Å². The fourth-order valence-electron chi connectivity index (χ4n) is 2.03. The van der Waals surface area contributed by atoms with Gasteiger partial charge in [0.1, 0.15) is 21.5 Å². The van der Waals surface area contributed by atoms with Crippen LogP contribution in [0.1, 0.15) is 31.4 Å². The molecule has 0 heterocycles. The van der Waals surface area contributed by atoms with Crippen LogP contribution in [0.5, 0.6) is 0 Å². The summed E-state index contributed by atoms with van der Waals surface area (Å²) in [6.45, 7) is 2.37. The number of sulfone groups is 1. The molecule has 0 bridgehead atoms. The lowest BCUT2D eigenvalue weighted by molar-refractivity contribution is 0.450. The molecule has 0 aromatic heterocycles. The normalized spacial score (nSPS) is 13.4. The Morgan fingerprint density at radius 3 is 2.30 bits per heavy atom. The Labute approximate surface area is 126 Å². The van der Waals surface area contributed by atoms with Crippen LogP contribution < -0.4 is 5.32 Å². The smallest absolute Gasteiger partial charge is 0.147 e. The predicted octanol–water partition coefficient (Wildman–Crippen LogP) is 3.20. The fourth-order valence-corrected chi connectivity index (χ4v) is 3.12. The van der Waals surface area contributed by atoms with E-state index in [1.165, 1.54) is 12.1 Å². The minimum Gasteiger partial charge on any atom is -0.310 e. The highest BCUT2D eigenvalue weighted by Crippen LogP contribution is 2.27. The fraction of sp³-hybridized carbons (Fsp3) is 0.538. The lowest BCUT2D eigenvalue weighted by Crippen LogP contribution is -2.24. The number of nitrogens with one attached hydrogen (secondary N) is 1. The van der Waals surface area contributed by atoms with E-state index < -0.39 is 27.5 Å². The number of halogens is 3. The lowest BCUT2D eigenvalue weighted by atomic mass is 10.0. The van der Waals surface area contributed by atoms with Gasteiger partial charge < -0.3 is 5.32 Å². The van der Waals surface area contributed by atoms with Crippen molar-refractivity contribution >= 4 is 25.8 Å². The van der Waals surface area contributed by atoms with Gasteiger partial charge in [-0.25, -0.2) is 17.2 Å². The number of benzene rings is 1. The highest BCUT2D eigenvalue weighted by molar-refractivity contribution is 9.10. The first-order chi connectivity index (χ1) is 9.24. The Hall–Kier alpha value is -0.530. The van der Waals surface area contributed by atoms with Gasteiger partial charge in [0.15, 0.2) is 0 Å². The molecule has 0 aliphatic rings. The average molecular weight is 370 g/mol. The Morgan fingerprint density at radius 1 is 1.30 bits per heavy atom. The second kappa shape index (κ2) is 7.47. The summed E-state index contributed by atoms with van der Waals surface area (Å²) in [5.74, 6) is -1.27. The summed E-state index contributed by atoms with van der Waals surface area (Å²) in [5.41, 5.74) is -0.0384. The predicted molar refractivity (Wildman–Crippen MR) is 79.4 cm³/mol. The van der Waals surface area contributed by atoms with Crippen molar-refractivity contribution in [1.29, 1.82) is 0 Å². The molecule has 1 aromatic rings. The molecule has 0 fully saturated rings. The molecule has 1 N–H and O–H groups in total. The third-order valence-electron chi connectivity index (χ3n) is 2.85. The SMILES string of the molecule is CCNC(CCCS(C)(=O)=O)c1c(F)cc(Br)cc1F. The van der Waals surface area contributed by atoms with Crippen LogP contribution in [0, 0.1) is 11.6 Å². The summed E-state index contributed by atoms with van der Waals surface area (Å²) in [6.07, 6.45) is 1.86. The molecule has 0 saturated carbocycles. The molecule has 0 aliphatic carbocycles. The molecule has 1 aromatic carbocycles. The molecule has 114 valence electrons.